The van der Waals surface area contributed by atoms with Gasteiger partial charge in [0.1, 0.15) is 0 Å². The first-order valence-corrected chi connectivity index (χ1v) is 6.78. The molecule has 0 spiro atoms. The fourth-order valence-corrected chi connectivity index (χ4v) is 2.92. The summed E-state index contributed by atoms with van der Waals surface area (Å²) in [6, 6.07) is 9.23. The van der Waals surface area contributed by atoms with Crippen LogP contribution >= 0.6 is 11.3 Å². The molecule has 0 fully saturated rings. The predicted octanol–water partition coefficient (Wildman–Crippen LogP) is 3.41. The molecule has 0 bridgehead atoms. The molecular weight excluding hydrogens is 260 g/mol. The summed E-state index contributed by atoms with van der Waals surface area (Å²) in [7, 11) is 0. The van der Waals surface area contributed by atoms with Crippen LogP contribution in [-0.4, -0.2) is 20.6 Å². The molecule has 3 aromatic rings. The minimum atomic E-state index is -0.918. The quantitative estimate of drug-likeness (QED) is 0.795. The van der Waals surface area contributed by atoms with Gasteiger partial charge in [-0.2, -0.15) is 0 Å². The van der Waals surface area contributed by atoms with Crippen molar-refractivity contribution in [3.8, 4) is 0 Å². The lowest BCUT2D eigenvalue weighted by atomic mass is 10.2. The predicted molar refractivity (Wildman–Crippen MR) is 74.8 cm³/mol. The molecule has 0 saturated carbocycles. The second-order valence-electron chi connectivity index (χ2n) is 4.35. The van der Waals surface area contributed by atoms with Gasteiger partial charge < -0.3 is 9.67 Å². The van der Waals surface area contributed by atoms with Crippen LogP contribution in [0.4, 0.5) is 0 Å². The standard InChI is InChI=1S/C14H12N2O2S/c1-9(13-3-2-6-19-13)16-8-15-11-5-4-10(14(17)18)7-12(11)16/h2-9H,1H3,(H,17,18). The number of carboxylic acids is 1. The van der Waals surface area contributed by atoms with Gasteiger partial charge in [0.05, 0.1) is 29.0 Å². The molecule has 2 aromatic heterocycles. The van der Waals surface area contributed by atoms with E-state index in [1.807, 2.05) is 16.0 Å². The van der Waals surface area contributed by atoms with Crippen LogP contribution in [0.2, 0.25) is 0 Å². The third-order valence-electron chi connectivity index (χ3n) is 3.19. The molecule has 96 valence electrons. The van der Waals surface area contributed by atoms with Crippen molar-refractivity contribution >= 4 is 28.3 Å². The van der Waals surface area contributed by atoms with Crippen LogP contribution in [-0.2, 0) is 0 Å². The van der Waals surface area contributed by atoms with Crippen molar-refractivity contribution in [2.45, 2.75) is 13.0 Å². The molecule has 0 aliphatic rings. The molecule has 1 N–H and O–H groups in total. The molecule has 2 heterocycles. The molecule has 1 aromatic carbocycles. The van der Waals surface area contributed by atoms with Crippen LogP contribution in [0, 0.1) is 0 Å². The Bertz CT molecular complexity index is 731. The van der Waals surface area contributed by atoms with Gasteiger partial charge in [-0.15, -0.1) is 11.3 Å². The Morgan fingerprint density at radius 1 is 1.42 bits per heavy atom. The maximum atomic E-state index is 11.0. The van der Waals surface area contributed by atoms with E-state index in [0.717, 1.165) is 11.0 Å². The molecule has 5 heteroatoms. The third-order valence-corrected chi connectivity index (χ3v) is 4.24. The second-order valence-corrected chi connectivity index (χ2v) is 5.33. The molecule has 1 atom stereocenters. The van der Waals surface area contributed by atoms with Gasteiger partial charge in [-0.1, -0.05) is 6.07 Å². The van der Waals surface area contributed by atoms with Crippen molar-refractivity contribution in [3.63, 3.8) is 0 Å². The highest BCUT2D eigenvalue weighted by molar-refractivity contribution is 7.10. The van der Waals surface area contributed by atoms with Gasteiger partial charge in [-0.25, -0.2) is 9.78 Å². The Kier molecular flexibility index (Phi) is 2.83. The van der Waals surface area contributed by atoms with Crippen molar-refractivity contribution in [1.82, 2.24) is 9.55 Å². The maximum Gasteiger partial charge on any atom is 0.335 e. The number of carbonyl (C=O) groups is 1. The summed E-state index contributed by atoms with van der Waals surface area (Å²) in [6.07, 6.45) is 1.76. The largest absolute Gasteiger partial charge is 0.478 e. The van der Waals surface area contributed by atoms with Crippen LogP contribution < -0.4 is 0 Å². The van der Waals surface area contributed by atoms with Crippen molar-refractivity contribution in [2.75, 3.05) is 0 Å². The highest BCUT2D eigenvalue weighted by Crippen LogP contribution is 2.26. The Morgan fingerprint density at radius 3 is 2.95 bits per heavy atom. The summed E-state index contributed by atoms with van der Waals surface area (Å²) in [6.45, 7) is 2.08. The van der Waals surface area contributed by atoms with Crippen molar-refractivity contribution < 1.29 is 9.90 Å². The van der Waals surface area contributed by atoms with E-state index in [2.05, 4.69) is 18.0 Å². The summed E-state index contributed by atoms with van der Waals surface area (Å²) in [5.41, 5.74) is 1.95. The van der Waals surface area contributed by atoms with Crippen LogP contribution in [0.25, 0.3) is 11.0 Å². The second kappa shape index (κ2) is 4.51. The van der Waals surface area contributed by atoms with E-state index < -0.39 is 5.97 Å². The highest BCUT2D eigenvalue weighted by atomic mass is 32.1. The van der Waals surface area contributed by atoms with E-state index >= 15 is 0 Å². The summed E-state index contributed by atoms with van der Waals surface area (Å²) in [4.78, 5) is 16.6. The summed E-state index contributed by atoms with van der Waals surface area (Å²) < 4.78 is 2.01. The lowest BCUT2D eigenvalue weighted by molar-refractivity contribution is 0.0697. The van der Waals surface area contributed by atoms with Gasteiger partial charge in [0.15, 0.2) is 0 Å². The summed E-state index contributed by atoms with van der Waals surface area (Å²) in [5.74, 6) is -0.918. The first-order valence-electron chi connectivity index (χ1n) is 5.90. The molecule has 0 radical (unpaired) electrons. The molecule has 0 aliphatic carbocycles. The fraction of sp³-hybridized carbons (Fsp3) is 0.143. The first-order chi connectivity index (χ1) is 9.16. The molecular formula is C14H12N2O2S. The van der Waals surface area contributed by atoms with Gasteiger partial charge in [0.25, 0.3) is 0 Å². The maximum absolute atomic E-state index is 11.0. The van der Waals surface area contributed by atoms with Gasteiger partial charge in [0.2, 0.25) is 0 Å². The first kappa shape index (κ1) is 11.9. The minimum absolute atomic E-state index is 0.147. The van der Waals surface area contributed by atoms with Crippen LogP contribution in [0.15, 0.2) is 42.0 Å². The number of rotatable bonds is 3. The van der Waals surface area contributed by atoms with Crippen molar-refractivity contribution in [1.29, 1.82) is 0 Å². The van der Waals surface area contributed by atoms with E-state index in [1.54, 1.807) is 35.9 Å². The number of imidazole rings is 1. The highest BCUT2D eigenvalue weighted by Gasteiger charge is 2.14. The average Bonchev–Trinajstić information content (AvgIpc) is 3.06. The topological polar surface area (TPSA) is 55.1 Å². The Hall–Kier alpha value is -2.14. The van der Waals surface area contributed by atoms with E-state index in [-0.39, 0.29) is 11.6 Å². The van der Waals surface area contributed by atoms with Crippen LogP contribution in [0.3, 0.4) is 0 Å². The minimum Gasteiger partial charge on any atom is -0.478 e. The van der Waals surface area contributed by atoms with Gasteiger partial charge in [-0.3, -0.25) is 0 Å². The Balaban J connectivity index is 2.13. The number of carboxylic acid groups (broad SMARTS) is 1. The lowest BCUT2D eigenvalue weighted by Crippen LogP contribution is -2.04. The molecule has 1 unspecified atom stereocenters. The number of hydrogen-bond donors (Lipinski definition) is 1. The molecule has 0 saturated heterocycles. The molecule has 4 nitrogen and oxygen atoms in total. The number of thiophene rings is 1. The zero-order valence-electron chi connectivity index (χ0n) is 10.3. The van der Waals surface area contributed by atoms with E-state index in [0.29, 0.717) is 0 Å². The summed E-state index contributed by atoms with van der Waals surface area (Å²) in [5, 5.41) is 11.1. The van der Waals surface area contributed by atoms with Gasteiger partial charge in [0, 0.05) is 4.88 Å². The SMILES string of the molecule is CC(c1cccs1)n1cnc2ccc(C(=O)O)cc21. The monoisotopic (exact) mass is 272 g/mol. The van der Waals surface area contributed by atoms with Gasteiger partial charge >= 0.3 is 5.97 Å². The number of aromatic carboxylic acids is 1. The van der Waals surface area contributed by atoms with Crippen molar-refractivity contribution in [3.05, 3.63) is 52.5 Å². The smallest absolute Gasteiger partial charge is 0.335 e. The zero-order chi connectivity index (χ0) is 13.4. The third kappa shape index (κ3) is 2.02. The molecule has 0 aliphatic heterocycles. The Morgan fingerprint density at radius 2 is 2.26 bits per heavy atom. The normalized spacial score (nSPS) is 12.7. The van der Waals surface area contributed by atoms with Crippen LogP contribution in [0.1, 0.15) is 28.2 Å². The lowest BCUT2D eigenvalue weighted by Gasteiger charge is -2.12. The van der Waals surface area contributed by atoms with E-state index in [1.165, 1.54) is 4.88 Å². The molecule has 19 heavy (non-hydrogen) atoms. The Labute approximate surface area is 113 Å². The number of nitrogens with zero attached hydrogens (tertiary/aromatic N) is 2. The summed E-state index contributed by atoms with van der Waals surface area (Å²) >= 11 is 1.68. The zero-order valence-corrected chi connectivity index (χ0v) is 11.1. The van der Waals surface area contributed by atoms with Crippen LogP contribution in [0.5, 0.6) is 0 Å². The molecule has 3 rings (SSSR count). The number of fused-ring (bicyclic) bond motifs is 1. The molecule has 0 amide bonds. The number of hydrogen-bond acceptors (Lipinski definition) is 3. The van der Waals surface area contributed by atoms with Crippen molar-refractivity contribution in [2.24, 2.45) is 0 Å². The van der Waals surface area contributed by atoms with Gasteiger partial charge in [-0.05, 0) is 36.6 Å². The fourth-order valence-electron chi connectivity index (χ4n) is 2.13. The van der Waals surface area contributed by atoms with E-state index in [9.17, 15) is 4.79 Å². The van der Waals surface area contributed by atoms with E-state index in [4.69, 9.17) is 5.11 Å². The number of aromatic nitrogens is 2. The number of benzene rings is 1. The average molecular weight is 272 g/mol.